The molecule has 2 N–H and O–H groups in total. The molecule has 1 fully saturated rings. The predicted octanol–water partition coefficient (Wildman–Crippen LogP) is 2.39. The fourth-order valence-corrected chi connectivity index (χ4v) is 3.53. The van der Waals surface area contributed by atoms with Crippen LogP contribution in [0.5, 0.6) is 0 Å². The SMILES string of the molecule is COCCn1c(CO)nnc1C1CC(NC(=O)c2ccc(C(C)(C)C)cc2)C1. The molecule has 1 heterocycles. The van der Waals surface area contributed by atoms with E-state index in [1.165, 1.54) is 5.56 Å². The van der Waals surface area contributed by atoms with Crippen molar-refractivity contribution in [1.29, 1.82) is 0 Å². The lowest BCUT2D eigenvalue weighted by atomic mass is 9.79. The molecule has 0 unspecified atom stereocenters. The van der Waals surface area contributed by atoms with Crippen molar-refractivity contribution >= 4 is 5.91 Å². The first-order valence-electron chi connectivity index (χ1n) is 9.76. The Morgan fingerprint density at radius 3 is 2.50 bits per heavy atom. The zero-order chi connectivity index (χ0) is 20.3. The van der Waals surface area contributed by atoms with E-state index in [4.69, 9.17) is 4.74 Å². The highest BCUT2D eigenvalue weighted by Crippen LogP contribution is 2.36. The topological polar surface area (TPSA) is 89.3 Å². The van der Waals surface area contributed by atoms with E-state index >= 15 is 0 Å². The third kappa shape index (κ3) is 4.42. The van der Waals surface area contributed by atoms with E-state index < -0.39 is 0 Å². The van der Waals surface area contributed by atoms with E-state index in [2.05, 4.69) is 36.3 Å². The second-order valence-corrected chi connectivity index (χ2v) is 8.44. The summed E-state index contributed by atoms with van der Waals surface area (Å²) < 4.78 is 7.07. The van der Waals surface area contributed by atoms with Gasteiger partial charge in [-0.3, -0.25) is 4.79 Å². The smallest absolute Gasteiger partial charge is 0.251 e. The van der Waals surface area contributed by atoms with Crippen LogP contribution in [0.25, 0.3) is 0 Å². The van der Waals surface area contributed by atoms with Crippen LogP contribution in [0.3, 0.4) is 0 Å². The zero-order valence-corrected chi connectivity index (χ0v) is 17.1. The van der Waals surface area contributed by atoms with Crippen molar-refractivity contribution in [2.75, 3.05) is 13.7 Å². The summed E-state index contributed by atoms with van der Waals surface area (Å²) in [7, 11) is 1.64. The molecule has 7 heteroatoms. The van der Waals surface area contributed by atoms with Crippen molar-refractivity contribution in [3.63, 3.8) is 0 Å². The Morgan fingerprint density at radius 1 is 1.25 bits per heavy atom. The van der Waals surface area contributed by atoms with Gasteiger partial charge in [0.25, 0.3) is 5.91 Å². The summed E-state index contributed by atoms with van der Waals surface area (Å²) in [5.74, 6) is 1.61. The van der Waals surface area contributed by atoms with Crippen LogP contribution < -0.4 is 5.32 Å². The monoisotopic (exact) mass is 386 g/mol. The fourth-order valence-electron chi connectivity index (χ4n) is 3.53. The molecule has 1 aliphatic rings. The molecule has 1 amide bonds. The Bertz CT molecular complexity index is 802. The lowest BCUT2D eigenvalue weighted by Crippen LogP contribution is -2.44. The summed E-state index contributed by atoms with van der Waals surface area (Å²) in [6.45, 7) is 7.48. The van der Waals surface area contributed by atoms with Gasteiger partial charge in [-0.05, 0) is 36.0 Å². The maximum atomic E-state index is 12.5. The van der Waals surface area contributed by atoms with Gasteiger partial charge in [0, 0.05) is 31.2 Å². The van der Waals surface area contributed by atoms with E-state index in [1.807, 2.05) is 28.8 Å². The number of nitrogens with one attached hydrogen (secondary N) is 1. The Labute approximate surface area is 166 Å². The Balaban J connectivity index is 1.57. The molecule has 7 nitrogen and oxygen atoms in total. The highest BCUT2D eigenvalue weighted by molar-refractivity contribution is 5.94. The molecule has 0 saturated heterocycles. The van der Waals surface area contributed by atoms with Gasteiger partial charge in [0.2, 0.25) is 0 Å². The molecular formula is C21H30N4O3. The van der Waals surface area contributed by atoms with Crippen LogP contribution in [0.4, 0.5) is 0 Å². The van der Waals surface area contributed by atoms with Gasteiger partial charge in [0.05, 0.1) is 6.61 Å². The molecule has 0 atom stereocenters. The molecule has 28 heavy (non-hydrogen) atoms. The van der Waals surface area contributed by atoms with Crippen LogP contribution in [0, 0.1) is 0 Å². The number of ether oxygens (including phenoxy) is 1. The average molecular weight is 386 g/mol. The van der Waals surface area contributed by atoms with E-state index in [0.29, 0.717) is 24.5 Å². The Kier molecular flexibility index (Phi) is 6.15. The molecule has 0 bridgehead atoms. The van der Waals surface area contributed by atoms with Crippen molar-refractivity contribution in [3.05, 3.63) is 47.0 Å². The van der Waals surface area contributed by atoms with Gasteiger partial charge in [-0.2, -0.15) is 0 Å². The molecule has 0 aliphatic heterocycles. The zero-order valence-electron chi connectivity index (χ0n) is 17.1. The quantitative estimate of drug-likeness (QED) is 0.763. The molecule has 0 radical (unpaired) electrons. The number of aliphatic hydroxyl groups excluding tert-OH is 1. The van der Waals surface area contributed by atoms with Crippen molar-refractivity contribution in [2.45, 2.75) is 64.1 Å². The summed E-state index contributed by atoms with van der Waals surface area (Å²) in [6, 6.07) is 7.95. The summed E-state index contributed by atoms with van der Waals surface area (Å²) in [5, 5.41) is 20.9. The summed E-state index contributed by atoms with van der Waals surface area (Å²) in [4.78, 5) is 12.5. The lowest BCUT2D eigenvalue weighted by molar-refractivity contribution is 0.0906. The summed E-state index contributed by atoms with van der Waals surface area (Å²) in [5.41, 5.74) is 1.97. The van der Waals surface area contributed by atoms with Gasteiger partial charge in [-0.15, -0.1) is 10.2 Å². The minimum absolute atomic E-state index is 0.0409. The van der Waals surface area contributed by atoms with Crippen LogP contribution in [0.15, 0.2) is 24.3 Å². The van der Waals surface area contributed by atoms with Crippen molar-refractivity contribution in [3.8, 4) is 0 Å². The second kappa shape index (κ2) is 8.41. The van der Waals surface area contributed by atoms with E-state index in [0.717, 1.165) is 18.7 Å². The molecule has 3 rings (SSSR count). The van der Waals surface area contributed by atoms with Crippen LogP contribution >= 0.6 is 0 Å². The van der Waals surface area contributed by atoms with Gasteiger partial charge >= 0.3 is 0 Å². The molecule has 1 saturated carbocycles. The third-order valence-corrected chi connectivity index (χ3v) is 5.37. The molecule has 152 valence electrons. The largest absolute Gasteiger partial charge is 0.388 e. The third-order valence-electron chi connectivity index (χ3n) is 5.37. The number of carbonyl (C=O) groups excluding carboxylic acids is 1. The number of rotatable bonds is 7. The lowest BCUT2D eigenvalue weighted by Gasteiger charge is -2.35. The predicted molar refractivity (Wildman–Crippen MR) is 106 cm³/mol. The molecule has 0 spiro atoms. The molecule has 1 aromatic carbocycles. The summed E-state index contributed by atoms with van der Waals surface area (Å²) >= 11 is 0. The van der Waals surface area contributed by atoms with E-state index in [9.17, 15) is 9.90 Å². The number of nitrogens with zero attached hydrogens (tertiary/aromatic N) is 3. The van der Waals surface area contributed by atoms with Gasteiger partial charge < -0.3 is 19.7 Å². The van der Waals surface area contributed by atoms with Crippen LogP contribution in [-0.2, 0) is 23.3 Å². The minimum atomic E-state index is -0.145. The standard InChI is InChI=1S/C21H30N4O3/c1-21(2,3)16-7-5-14(6-8-16)20(27)22-17-11-15(12-17)19-24-23-18(13-26)25(19)9-10-28-4/h5-8,15,17,26H,9-13H2,1-4H3,(H,22,27). The molecule has 2 aromatic rings. The average Bonchev–Trinajstić information content (AvgIpc) is 3.04. The maximum absolute atomic E-state index is 12.5. The number of aliphatic hydroxyl groups is 1. The van der Waals surface area contributed by atoms with E-state index in [1.54, 1.807) is 7.11 Å². The molecule has 1 aliphatic carbocycles. The maximum Gasteiger partial charge on any atom is 0.251 e. The van der Waals surface area contributed by atoms with Crippen molar-refractivity contribution in [1.82, 2.24) is 20.1 Å². The normalized spacial score (nSPS) is 19.3. The Morgan fingerprint density at radius 2 is 1.93 bits per heavy atom. The first kappa shape index (κ1) is 20.5. The van der Waals surface area contributed by atoms with E-state index in [-0.39, 0.29) is 29.9 Å². The summed E-state index contributed by atoms with van der Waals surface area (Å²) in [6.07, 6.45) is 1.64. The van der Waals surface area contributed by atoms with Gasteiger partial charge in [-0.25, -0.2) is 0 Å². The van der Waals surface area contributed by atoms with Crippen LogP contribution in [0.1, 0.15) is 67.1 Å². The molecular weight excluding hydrogens is 356 g/mol. The highest BCUT2D eigenvalue weighted by Gasteiger charge is 2.35. The van der Waals surface area contributed by atoms with Gasteiger partial charge in [0.15, 0.2) is 5.82 Å². The number of methoxy groups -OCH3 is 1. The highest BCUT2D eigenvalue weighted by atomic mass is 16.5. The molecule has 1 aromatic heterocycles. The number of hydrogen-bond acceptors (Lipinski definition) is 5. The number of benzene rings is 1. The number of hydrogen-bond donors (Lipinski definition) is 2. The second-order valence-electron chi connectivity index (χ2n) is 8.44. The van der Waals surface area contributed by atoms with Gasteiger partial charge in [0.1, 0.15) is 12.4 Å². The van der Waals surface area contributed by atoms with Crippen LogP contribution in [-0.4, -0.2) is 45.5 Å². The van der Waals surface area contributed by atoms with Gasteiger partial charge in [-0.1, -0.05) is 32.9 Å². The first-order valence-corrected chi connectivity index (χ1v) is 9.76. The number of aromatic nitrogens is 3. The fraction of sp³-hybridized carbons (Fsp3) is 0.571. The van der Waals surface area contributed by atoms with Crippen molar-refractivity contribution in [2.24, 2.45) is 0 Å². The number of carbonyl (C=O) groups is 1. The minimum Gasteiger partial charge on any atom is -0.388 e. The van der Waals surface area contributed by atoms with Crippen LogP contribution in [0.2, 0.25) is 0 Å². The first-order chi connectivity index (χ1) is 13.3. The number of amides is 1. The Hall–Kier alpha value is -2.25. The van der Waals surface area contributed by atoms with Crippen molar-refractivity contribution < 1.29 is 14.6 Å².